The minimum atomic E-state index is -0.663. The van der Waals surface area contributed by atoms with Gasteiger partial charge in [0.25, 0.3) is 6.26 Å². The van der Waals surface area contributed by atoms with Gasteiger partial charge < -0.3 is 4.74 Å². The van der Waals surface area contributed by atoms with Crippen molar-refractivity contribution in [1.82, 2.24) is 9.80 Å². The molecule has 4 amide bonds. The molecule has 0 aliphatic carbocycles. The van der Waals surface area contributed by atoms with Crippen LogP contribution in [0.1, 0.15) is 29.7 Å². The van der Waals surface area contributed by atoms with Crippen LogP contribution < -0.4 is 0 Å². The van der Waals surface area contributed by atoms with E-state index in [-0.39, 0.29) is 36.4 Å². The molecule has 1 heterocycles. The lowest BCUT2D eigenvalue weighted by molar-refractivity contribution is 0.0628. The van der Waals surface area contributed by atoms with Crippen molar-refractivity contribution in [2.45, 2.75) is 29.7 Å². The van der Waals surface area contributed by atoms with E-state index in [0.29, 0.717) is 9.80 Å². The fourth-order valence-electron chi connectivity index (χ4n) is 0.835. The third-order valence-corrected chi connectivity index (χ3v) is 1.46. The molecule has 1 rings (SSSR count). The molecule has 0 radical (unpaired) electrons. The van der Waals surface area contributed by atoms with Crippen molar-refractivity contribution in [2.24, 2.45) is 4.99 Å². The van der Waals surface area contributed by atoms with E-state index < -0.39 is 18.8 Å². The number of nitrogens with zero attached hydrogens (tertiary/aromatic N) is 4. The summed E-state index contributed by atoms with van der Waals surface area (Å²) in [4.78, 5) is 36.2. The summed E-state index contributed by atoms with van der Waals surface area (Å²) in [5.74, 6) is 0. The number of hydrogen-bond acceptors (Lipinski definition) is 6. The van der Waals surface area contributed by atoms with Gasteiger partial charge in [0.15, 0.2) is 6.73 Å². The Kier molecular flexibility index (Phi) is 15.3. The maximum absolute atomic E-state index is 11.0. The van der Waals surface area contributed by atoms with E-state index in [1.165, 1.54) is 12.3 Å². The molecule has 0 spiro atoms. The number of imide groups is 2. The molecule has 0 aromatic rings. The zero-order valence-electron chi connectivity index (χ0n) is 6.84. The van der Waals surface area contributed by atoms with Crippen molar-refractivity contribution >= 4 is 18.1 Å². The predicted octanol–water partition coefficient (Wildman–Crippen LogP) is 2.14. The molecule has 0 bridgehead atoms. The zero-order chi connectivity index (χ0) is 10.6. The van der Waals surface area contributed by atoms with Gasteiger partial charge in [-0.3, -0.25) is 0 Å². The zero-order valence-corrected chi connectivity index (χ0v) is 6.84. The van der Waals surface area contributed by atoms with Crippen molar-refractivity contribution in [1.29, 1.82) is 5.26 Å². The summed E-state index contributed by atoms with van der Waals surface area (Å²) in [6.45, 7) is -0.778. The Labute approximate surface area is 107 Å². The van der Waals surface area contributed by atoms with Crippen LogP contribution in [0, 0.1) is 11.5 Å². The van der Waals surface area contributed by atoms with E-state index in [9.17, 15) is 14.4 Å². The Morgan fingerprint density at radius 2 is 1.61 bits per heavy atom. The first-order valence-electron chi connectivity index (χ1n) is 3.40. The summed E-state index contributed by atoms with van der Waals surface area (Å²) in [6.07, 6.45) is 2.51. The highest BCUT2D eigenvalue weighted by Gasteiger charge is 2.43. The summed E-state index contributed by atoms with van der Waals surface area (Å²) in [5, 5.41) is 8.01. The number of carbonyl (C=O) groups excluding carboxylic acids is 3. The van der Waals surface area contributed by atoms with Gasteiger partial charge in [0, 0.05) is 0 Å². The van der Waals surface area contributed by atoms with Crippen LogP contribution in [0.3, 0.4) is 0 Å². The molecule has 1 aliphatic heterocycles. The Bertz CT molecular complexity index is 341. The summed E-state index contributed by atoms with van der Waals surface area (Å²) in [7, 11) is 0. The van der Waals surface area contributed by atoms with Crippen LogP contribution in [0.4, 0.5) is 9.59 Å². The molecule has 0 aromatic carbocycles. The quantitative estimate of drug-likeness (QED) is 0.437. The maximum Gasteiger partial charge on any atom is 0.340 e. The second-order valence-corrected chi connectivity index (χ2v) is 2.18. The van der Waals surface area contributed by atoms with E-state index in [0.717, 1.165) is 0 Å². The predicted molar refractivity (Wildman–Crippen MR) is 65.9 cm³/mol. The number of amides is 4. The molecular weight excluding hydrogens is 240 g/mol. The second-order valence-electron chi connectivity index (χ2n) is 2.18. The minimum Gasteiger partial charge on any atom is -0.405 e. The van der Waals surface area contributed by atoms with Gasteiger partial charge in [-0.1, -0.05) is 29.7 Å². The molecule has 0 atom stereocenters. The lowest BCUT2D eigenvalue weighted by Gasteiger charge is -2.36. The van der Waals surface area contributed by atoms with Crippen molar-refractivity contribution < 1.29 is 19.1 Å². The Hall–Kier alpha value is -2.39. The summed E-state index contributed by atoms with van der Waals surface area (Å²) in [6, 6.07) is -1.33. The van der Waals surface area contributed by atoms with Crippen LogP contribution in [-0.2, 0) is 9.53 Å². The molecule has 0 unspecified atom stereocenters. The average molecular weight is 260 g/mol. The van der Waals surface area contributed by atoms with E-state index in [1.807, 2.05) is 0 Å². The van der Waals surface area contributed by atoms with E-state index in [1.54, 1.807) is 0 Å². The van der Waals surface area contributed by atoms with E-state index >= 15 is 0 Å². The highest BCUT2D eigenvalue weighted by molar-refractivity contribution is 6.11. The molecule has 8 heteroatoms. The molecule has 8 nitrogen and oxygen atoms in total. The first kappa shape index (κ1) is 24.7. The smallest absolute Gasteiger partial charge is 0.340 e. The van der Waals surface area contributed by atoms with Gasteiger partial charge in [0.05, 0.1) is 0 Å². The van der Waals surface area contributed by atoms with Gasteiger partial charge in [0.1, 0.15) is 6.67 Å². The number of urea groups is 2. The highest BCUT2D eigenvalue weighted by Crippen LogP contribution is 2.15. The SMILES string of the molecule is C.C.C.C.N#COCN1C(=O)N(CN=C=O)C1=O. The first-order chi connectivity index (χ1) is 6.72. The van der Waals surface area contributed by atoms with Gasteiger partial charge in [-0.15, -0.1) is 0 Å². The normalized spacial score (nSPS) is 11.1. The second kappa shape index (κ2) is 11.1. The number of rotatable bonds is 4. The molecule has 104 valence electrons. The van der Waals surface area contributed by atoms with Gasteiger partial charge in [-0.2, -0.15) is 10.3 Å². The van der Waals surface area contributed by atoms with Crippen molar-refractivity contribution in [3.63, 3.8) is 0 Å². The monoisotopic (exact) mass is 260 g/mol. The average Bonchev–Trinajstić information content (AvgIpc) is 2.19. The lowest BCUT2D eigenvalue weighted by Crippen LogP contribution is -2.64. The highest BCUT2D eigenvalue weighted by atomic mass is 16.5. The molecule has 1 aliphatic rings. The minimum absolute atomic E-state index is 0. The third kappa shape index (κ3) is 4.63. The number of carbonyl (C=O) groups is 2. The van der Waals surface area contributed by atoms with Crippen LogP contribution in [-0.4, -0.2) is 41.3 Å². The van der Waals surface area contributed by atoms with Gasteiger partial charge in [-0.05, 0) is 0 Å². The van der Waals surface area contributed by atoms with Crippen LogP contribution in [0.2, 0.25) is 0 Å². The van der Waals surface area contributed by atoms with Crippen molar-refractivity contribution in [2.75, 3.05) is 13.4 Å². The lowest BCUT2D eigenvalue weighted by atomic mass is 10.5. The molecular formula is C10H20N4O4. The van der Waals surface area contributed by atoms with Crippen LogP contribution in [0.25, 0.3) is 0 Å². The molecule has 0 aromatic heterocycles. The van der Waals surface area contributed by atoms with E-state index in [4.69, 9.17) is 5.26 Å². The van der Waals surface area contributed by atoms with Crippen LogP contribution >= 0.6 is 0 Å². The summed E-state index contributed by atoms with van der Waals surface area (Å²) in [5.41, 5.74) is 0. The van der Waals surface area contributed by atoms with Gasteiger partial charge >= 0.3 is 12.1 Å². The topological polar surface area (TPSA) is 103 Å². The molecule has 1 saturated heterocycles. The fourth-order valence-corrected chi connectivity index (χ4v) is 0.835. The number of ether oxygens (including phenoxy) is 1. The maximum atomic E-state index is 11.0. The summed E-state index contributed by atoms with van der Waals surface area (Å²) >= 11 is 0. The summed E-state index contributed by atoms with van der Waals surface area (Å²) < 4.78 is 4.19. The third-order valence-electron chi connectivity index (χ3n) is 1.46. The standard InChI is InChI=1S/C6H4N4O4.4CH4/c7-1-14-4-10-5(12)9(6(10)13)2-8-3-11;;;;/h2,4H2;4*1H4. The molecule has 0 N–H and O–H groups in total. The number of hydrogen-bond donors (Lipinski definition) is 0. The van der Waals surface area contributed by atoms with Crippen molar-refractivity contribution in [3.8, 4) is 6.26 Å². The van der Waals surface area contributed by atoms with Gasteiger partial charge in [0.2, 0.25) is 6.08 Å². The molecule has 0 saturated carbocycles. The Morgan fingerprint density at radius 3 is 2.00 bits per heavy atom. The Balaban J connectivity index is -0.000000245. The van der Waals surface area contributed by atoms with Gasteiger partial charge in [-0.25, -0.2) is 24.2 Å². The first-order valence-corrected chi connectivity index (χ1v) is 3.40. The number of isocyanates is 1. The Morgan fingerprint density at radius 1 is 1.11 bits per heavy atom. The van der Waals surface area contributed by atoms with Crippen LogP contribution in [0.15, 0.2) is 4.99 Å². The molecule has 1 fully saturated rings. The number of aliphatic imine (C=N–C) groups is 1. The largest absolute Gasteiger partial charge is 0.405 e. The fraction of sp³-hybridized carbons (Fsp3) is 0.600. The number of nitriles is 1. The van der Waals surface area contributed by atoms with Crippen LogP contribution in [0.5, 0.6) is 0 Å². The van der Waals surface area contributed by atoms with E-state index in [2.05, 4.69) is 9.73 Å². The van der Waals surface area contributed by atoms with Crippen molar-refractivity contribution in [3.05, 3.63) is 0 Å². The molecule has 18 heavy (non-hydrogen) atoms.